The molecule has 0 aliphatic rings. The second kappa shape index (κ2) is 9.94. The zero-order chi connectivity index (χ0) is 19.8. The molecule has 148 valence electrons. The van der Waals surface area contributed by atoms with Gasteiger partial charge in [-0.3, -0.25) is 4.68 Å². The van der Waals surface area contributed by atoms with E-state index in [4.69, 9.17) is 9.73 Å². The largest absolute Gasteiger partial charge is 0.478 e. The van der Waals surface area contributed by atoms with E-state index in [9.17, 15) is 0 Å². The van der Waals surface area contributed by atoms with E-state index < -0.39 is 0 Å². The topological polar surface area (TPSA) is 76.4 Å². The number of nitrogens with zero attached hydrogens (tertiary/aromatic N) is 4. The molecule has 1 atom stereocenters. The highest BCUT2D eigenvalue weighted by Crippen LogP contribution is 2.16. The predicted octanol–water partition coefficient (Wildman–Crippen LogP) is 2.52. The third kappa shape index (κ3) is 5.70. The van der Waals surface area contributed by atoms with Gasteiger partial charge in [0.1, 0.15) is 0 Å². The maximum Gasteiger partial charge on any atom is 0.218 e. The Labute approximate surface area is 162 Å². The van der Waals surface area contributed by atoms with Crippen LogP contribution in [0.5, 0.6) is 5.88 Å². The highest BCUT2D eigenvalue weighted by Gasteiger charge is 2.14. The Balaban J connectivity index is 2.07. The lowest BCUT2D eigenvalue weighted by molar-refractivity contribution is 0.323. The molecule has 0 saturated carbocycles. The lowest BCUT2D eigenvalue weighted by Gasteiger charge is -2.18. The lowest BCUT2D eigenvalue weighted by atomic mass is 10.1. The van der Waals surface area contributed by atoms with Gasteiger partial charge in [-0.25, -0.2) is 9.98 Å². The molecule has 0 aliphatic carbocycles. The molecule has 0 radical (unpaired) electrons. The maximum atomic E-state index is 5.59. The van der Waals surface area contributed by atoms with E-state index in [-0.39, 0.29) is 6.04 Å². The maximum absolute atomic E-state index is 5.59. The second-order valence-corrected chi connectivity index (χ2v) is 6.62. The van der Waals surface area contributed by atoms with Crippen LogP contribution in [0.15, 0.2) is 23.3 Å². The average molecular weight is 373 g/mol. The quantitative estimate of drug-likeness (QED) is 0.550. The summed E-state index contributed by atoms with van der Waals surface area (Å²) in [6.07, 6.45) is 2.63. The van der Waals surface area contributed by atoms with Crippen LogP contribution < -0.4 is 15.4 Å². The number of rotatable bonds is 8. The molecule has 27 heavy (non-hydrogen) atoms. The number of aryl methyl sites for hydroxylation is 2. The minimum absolute atomic E-state index is 0.227. The molecule has 2 heterocycles. The van der Waals surface area contributed by atoms with Gasteiger partial charge < -0.3 is 15.4 Å². The first-order valence-corrected chi connectivity index (χ1v) is 9.56. The molecule has 2 aromatic rings. The third-order valence-corrected chi connectivity index (χ3v) is 4.44. The fraction of sp³-hybridized carbons (Fsp3) is 0.550. The van der Waals surface area contributed by atoms with Crippen molar-refractivity contribution in [2.24, 2.45) is 12.0 Å². The van der Waals surface area contributed by atoms with Crippen molar-refractivity contribution in [3.8, 4) is 5.88 Å². The second-order valence-electron chi connectivity index (χ2n) is 6.62. The van der Waals surface area contributed by atoms with E-state index in [1.807, 2.05) is 30.8 Å². The fourth-order valence-electron chi connectivity index (χ4n) is 3.00. The average Bonchev–Trinajstić information content (AvgIpc) is 2.87. The van der Waals surface area contributed by atoms with Gasteiger partial charge in [0.05, 0.1) is 18.8 Å². The van der Waals surface area contributed by atoms with Crippen LogP contribution in [0, 0.1) is 13.8 Å². The SMILES string of the molecule is CCNC(=NCc1cccnc1OCC)NC(C)Cc1c(C)nn(C)c1C. The van der Waals surface area contributed by atoms with Gasteiger partial charge in [-0.15, -0.1) is 0 Å². The Hall–Kier alpha value is -2.57. The van der Waals surface area contributed by atoms with Crippen molar-refractivity contribution in [1.29, 1.82) is 0 Å². The zero-order valence-corrected chi connectivity index (χ0v) is 17.3. The Morgan fingerprint density at radius 3 is 2.74 bits per heavy atom. The molecule has 7 heteroatoms. The molecule has 0 aromatic carbocycles. The Bertz CT molecular complexity index is 768. The Kier molecular flexibility index (Phi) is 7.64. The van der Waals surface area contributed by atoms with Gasteiger partial charge in [0.2, 0.25) is 5.88 Å². The number of guanidine groups is 1. The summed E-state index contributed by atoms with van der Waals surface area (Å²) in [4.78, 5) is 9.00. The van der Waals surface area contributed by atoms with Crippen molar-refractivity contribution in [1.82, 2.24) is 25.4 Å². The van der Waals surface area contributed by atoms with E-state index >= 15 is 0 Å². The molecule has 0 bridgehead atoms. The molecule has 0 amide bonds. The van der Waals surface area contributed by atoms with Gasteiger partial charge in [-0.1, -0.05) is 6.07 Å². The number of aliphatic imine (C=N–C) groups is 1. The van der Waals surface area contributed by atoms with Crippen molar-refractivity contribution >= 4 is 5.96 Å². The summed E-state index contributed by atoms with van der Waals surface area (Å²) in [6, 6.07) is 4.13. The van der Waals surface area contributed by atoms with Crippen LogP contribution in [0.2, 0.25) is 0 Å². The lowest BCUT2D eigenvalue weighted by Crippen LogP contribution is -2.43. The summed E-state index contributed by atoms with van der Waals surface area (Å²) in [7, 11) is 1.99. The summed E-state index contributed by atoms with van der Waals surface area (Å²) in [6.45, 7) is 12.3. The zero-order valence-electron chi connectivity index (χ0n) is 17.3. The van der Waals surface area contributed by atoms with Crippen molar-refractivity contribution in [2.45, 2.75) is 53.6 Å². The standard InChI is InChI=1S/C20H32N6O/c1-7-21-20(23-13-17-10-9-11-22-19(17)27-8-2)24-14(3)12-18-15(4)25-26(6)16(18)5/h9-11,14H,7-8,12-13H2,1-6H3,(H2,21,23,24). The molecule has 1 unspecified atom stereocenters. The molecule has 2 aromatic heterocycles. The summed E-state index contributed by atoms with van der Waals surface area (Å²) in [5.41, 5.74) is 4.56. The van der Waals surface area contributed by atoms with E-state index in [2.05, 4.69) is 48.4 Å². The van der Waals surface area contributed by atoms with Crippen LogP contribution >= 0.6 is 0 Å². The van der Waals surface area contributed by atoms with E-state index in [0.717, 1.165) is 30.2 Å². The van der Waals surface area contributed by atoms with Crippen LogP contribution in [0.3, 0.4) is 0 Å². The van der Waals surface area contributed by atoms with Crippen molar-refractivity contribution in [2.75, 3.05) is 13.2 Å². The van der Waals surface area contributed by atoms with Crippen LogP contribution in [0.1, 0.15) is 43.3 Å². The first kappa shape index (κ1) is 20.7. The van der Waals surface area contributed by atoms with Crippen LogP contribution in [0.4, 0.5) is 0 Å². The van der Waals surface area contributed by atoms with E-state index in [1.165, 1.54) is 11.3 Å². The molecule has 2 N–H and O–H groups in total. The first-order chi connectivity index (χ1) is 13.0. The molecule has 2 rings (SSSR count). The summed E-state index contributed by atoms with van der Waals surface area (Å²) in [5.74, 6) is 1.43. The Morgan fingerprint density at radius 2 is 2.11 bits per heavy atom. The first-order valence-electron chi connectivity index (χ1n) is 9.56. The van der Waals surface area contributed by atoms with Crippen molar-refractivity contribution < 1.29 is 4.74 Å². The number of hydrogen-bond donors (Lipinski definition) is 2. The van der Waals surface area contributed by atoms with Crippen molar-refractivity contribution in [3.05, 3.63) is 40.8 Å². The van der Waals surface area contributed by atoms with Crippen LogP contribution in [0.25, 0.3) is 0 Å². The molecule has 0 spiro atoms. The number of aromatic nitrogens is 3. The van der Waals surface area contributed by atoms with Gasteiger partial charge in [0.25, 0.3) is 0 Å². The van der Waals surface area contributed by atoms with Gasteiger partial charge >= 0.3 is 0 Å². The van der Waals surface area contributed by atoms with Gasteiger partial charge in [0.15, 0.2) is 5.96 Å². The van der Waals surface area contributed by atoms with Gasteiger partial charge in [0, 0.05) is 37.1 Å². The van der Waals surface area contributed by atoms with Gasteiger partial charge in [-0.05, 0) is 52.7 Å². The number of ether oxygens (including phenoxy) is 1. The van der Waals surface area contributed by atoms with Crippen molar-refractivity contribution in [3.63, 3.8) is 0 Å². The molecular weight excluding hydrogens is 340 g/mol. The normalized spacial score (nSPS) is 12.7. The third-order valence-electron chi connectivity index (χ3n) is 4.44. The molecule has 7 nitrogen and oxygen atoms in total. The molecular formula is C20H32N6O. The summed E-state index contributed by atoms with van der Waals surface area (Å²) >= 11 is 0. The monoisotopic (exact) mass is 372 g/mol. The van der Waals surface area contributed by atoms with Crippen LogP contribution in [-0.4, -0.2) is 39.9 Å². The minimum atomic E-state index is 0.227. The summed E-state index contributed by atoms with van der Waals surface area (Å²) < 4.78 is 7.53. The minimum Gasteiger partial charge on any atom is -0.478 e. The molecule has 0 aliphatic heterocycles. The number of hydrogen-bond acceptors (Lipinski definition) is 4. The molecule has 0 saturated heterocycles. The number of pyridine rings is 1. The smallest absolute Gasteiger partial charge is 0.218 e. The summed E-state index contributed by atoms with van der Waals surface area (Å²) in [5, 5.41) is 11.3. The van der Waals surface area contributed by atoms with E-state index in [0.29, 0.717) is 19.0 Å². The predicted molar refractivity (Wildman–Crippen MR) is 109 cm³/mol. The highest BCUT2D eigenvalue weighted by molar-refractivity contribution is 5.80. The highest BCUT2D eigenvalue weighted by atomic mass is 16.5. The fourth-order valence-corrected chi connectivity index (χ4v) is 3.00. The Morgan fingerprint density at radius 1 is 1.33 bits per heavy atom. The molecule has 0 fully saturated rings. The van der Waals surface area contributed by atoms with Gasteiger partial charge in [-0.2, -0.15) is 5.10 Å². The van der Waals surface area contributed by atoms with Crippen LogP contribution in [-0.2, 0) is 20.0 Å². The number of nitrogens with one attached hydrogen (secondary N) is 2. The van der Waals surface area contributed by atoms with E-state index in [1.54, 1.807) is 6.20 Å².